The van der Waals surface area contributed by atoms with Gasteiger partial charge in [-0.1, -0.05) is 32.6 Å². The molecule has 0 fully saturated rings. The largest absolute Gasteiger partial charge is 0.393 e. The predicted molar refractivity (Wildman–Crippen MR) is 50.1 cm³/mol. The molecule has 0 atom stereocenters. The monoisotopic (exact) mass is 186 g/mol. The van der Waals surface area contributed by atoms with Gasteiger partial charge in [-0.05, 0) is 6.42 Å². The van der Waals surface area contributed by atoms with Crippen LogP contribution in [0.25, 0.3) is 0 Å². The SMILES string of the molecule is CCCCCCCC(=O)OC(C)=O. The van der Waals surface area contributed by atoms with Crippen LogP contribution in [0.5, 0.6) is 0 Å². The Hall–Kier alpha value is -0.860. The van der Waals surface area contributed by atoms with Crippen molar-refractivity contribution in [3.63, 3.8) is 0 Å². The minimum Gasteiger partial charge on any atom is -0.393 e. The quantitative estimate of drug-likeness (QED) is 0.363. The highest BCUT2D eigenvalue weighted by Crippen LogP contribution is 2.05. The molecule has 0 aromatic heterocycles. The van der Waals surface area contributed by atoms with Crippen LogP contribution in [0.1, 0.15) is 52.4 Å². The van der Waals surface area contributed by atoms with Crippen molar-refractivity contribution in [2.45, 2.75) is 52.4 Å². The summed E-state index contributed by atoms with van der Waals surface area (Å²) in [6, 6.07) is 0. The summed E-state index contributed by atoms with van der Waals surface area (Å²) in [5.74, 6) is -0.914. The third-order valence-electron chi connectivity index (χ3n) is 1.74. The maximum Gasteiger partial charge on any atom is 0.313 e. The Kier molecular flexibility index (Phi) is 7.26. The van der Waals surface area contributed by atoms with E-state index in [1.807, 2.05) is 0 Å². The van der Waals surface area contributed by atoms with Crippen LogP contribution in [0, 0.1) is 0 Å². The van der Waals surface area contributed by atoms with Gasteiger partial charge in [0, 0.05) is 13.3 Å². The van der Waals surface area contributed by atoms with Crippen molar-refractivity contribution in [1.82, 2.24) is 0 Å². The summed E-state index contributed by atoms with van der Waals surface area (Å²) in [6.45, 7) is 3.39. The second kappa shape index (κ2) is 7.77. The molecular formula is C10H18O3. The lowest BCUT2D eigenvalue weighted by Crippen LogP contribution is -2.08. The summed E-state index contributed by atoms with van der Waals surface area (Å²) in [5.41, 5.74) is 0. The Labute approximate surface area is 79.5 Å². The molecule has 0 spiro atoms. The van der Waals surface area contributed by atoms with E-state index < -0.39 is 11.9 Å². The lowest BCUT2D eigenvalue weighted by Gasteiger charge is -1.99. The highest BCUT2D eigenvalue weighted by Gasteiger charge is 2.04. The molecule has 0 N–H and O–H groups in total. The summed E-state index contributed by atoms with van der Waals surface area (Å²) in [6.07, 6.45) is 5.79. The topological polar surface area (TPSA) is 43.4 Å². The molecule has 0 aliphatic heterocycles. The van der Waals surface area contributed by atoms with Gasteiger partial charge in [0.2, 0.25) is 0 Å². The van der Waals surface area contributed by atoms with Crippen molar-refractivity contribution < 1.29 is 14.3 Å². The predicted octanol–water partition coefficient (Wildman–Crippen LogP) is 2.44. The summed E-state index contributed by atoms with van der Waals surface area (Å²) in [7, 11) is 0. The summed E-state index contributed by atoms with van der Waals surface area (Å²) in [4.78, 5) is 21.2. The molecule has 0 radical (unpaired) electrons. The van der Waals surface area contributed by atoms with Gasteiger partial charge >= 0.3 is 11.9 Å². The molecule has 0 aliphatic rings. The number of rotatable bonds is 6. The summed E-state index contributed by atoms with van der Waals surface area (Å²) < 4.78 is 4.38. The number of ether oxygens (including phenoxy) is 1. The second-order valence-electron chi connectivity index (χ2n) is 3.13. The van der Waals surface area contributed by atoms with E-state index in [1.165, 1.54) is 19.8 Å². The third-order valence-corrected chi connectivity index (χ3v) is 1.74. The number of unbranched alkanes of at least 4 members (excludes halogenated alkanes) is 4. The van der Waals surface area contributed by atoms with Crippen molar-refractivity contribution in [3.05, 3.63) is 0 Å². The van der Waals surface area contributed by atoms with E-state index >= 15 is 0 Å². The maximum atomic E-state index is 10.8. The number of esters is 2. The van der Waals surface area contributed by atoms with Gasteiger partial charge in [0.05, 0.1) is 0 Å². The van der Waals surface area contributed by atoms with E-state index in [2.05, 4.69) is 11.7 Å². The molecule has 0 heterocycles. The van der Waals surface area contributed by atoms with E-state index in [-0.39, 0.29) is 0 Å². The summed E-state index contributed by atoms with van der Waals surface area (Å²) in [5, 5.41) is 0. The van der Waals surface area contributed by atoms with Gasteiger partial charge in [0.25, 0.3) is 0 Å². The zero-order chi connectivity index (χ0) is 10.1. The van der Waals surface area contributed by atoms with E-state index in [4.69, 9.17) is 0 Å². The third kappa shape index (κ3) is 9.05. The number of carbonyl (C=O) groups excluding carboxylic acids is 2. The first-order valence-electron chi connectivity index (χ1n) is 4.88. The van der Waals surface area contributed by atoms with Crippen molar-refractivity contribution in [2.75, 3.05) is 0 Å². The van der Waals surface area contributed by atoms with Crippen LogP contribution in [0.2, 0.25) is 0 Å². The highest BCUT2D eigenvalue weighted by atomic mass is 16.6. The average molecular weight is 186 g/mol. The highest BCUT2D eigenvalue weighted by molar-refractivity contribution is 5.83. The first-order chi connectivity index (χ1) is 6.16. The molecule has 0 unspecified atom stereocenters. The fourth-order valence-electron chi connectivity index (χ4n) is 1.08. The van der Waals surface area contributed by atoms with Gasteiger partial charge in [-0.15, -0.1) is 0 Å². The molecule has 3 heteroatoms. The molecule has 0 saturated heterocycles. The maximum absolute atomic E-state index is 10.8. The Morgan fingerprint density at radius 3 is 2.23 bits per heavy atom. The van der Waals surface area contributed by atoms with Crippen LogP contribution in [0.3, 0.4) is 0 Å². The van der Waals surface area contributed by atoms with E-state index in [1.54, 1.807) is 0 Å². The van der Waals surface area contributed by atoms with Gasteiger partial charge < -0.3 is 4.74 Å². The lowest BCUT2D eigenvalue weighted by molar-refractivity contribution is -0.158. The zero-order valence-corrected chi connectivity index (χ0v) is 8.47. The van der Waals surface area contributed by atoms with Crippen molar-refractivity contribution in [3.8, 4) is 0 Å². The molecule has 0 bridgehead atoms. The average Bonchev–Trinajstić information content (AvgIpc) is 2.02. The van der Waals surface area contributed by atoms with Gasteiger partial charge in [-0.3, -0.25) is 9.59 Å². The Morgan fingerprint density at radius 1 is 1.08 bits per heavy atom. The summed E-state index contributed by atoms with van der Waals surface area (Å²) >= 11 is 0. The molecule has 0 aromatic carbocycles. The molecule has 0 rings (SSSR count). The van der Waals surface area contributed by atoms with Gasteiger partial charge in [-0.2, -0.15) is 0 Å². The smallest absolute Gasteiger partial charge is 0.313 e. The standard InChI is InChI=1S/C10H18O3/c1-3-4-5-6-7-8-10(12)13-9(2)11/h3-8H2,1-2H3. The fraction of sp³-hybridized carbons (Fsp3) is 0.800. The molecule has 0 amide bonds. The van der Waals surface area contributed by atoms with E-state index in [0.717, 1.165) is 19.3 Å². The van der Waals surface area contributed by atoms with Gasteiger partial charge in [-0.25, -0.2) is 0 Å². The first kappa shape index (κ1) is 12.1. The van der Waals surface area contributed by atoms with Crippen molar-refractivity contribution in [1.29, 1.82) is 0 Å². The van der Waals surface area contributed by atoms with E-state index in [9.17, 15) is 9.59 Å². The van der Waals surface area contributed by atoms with Crippen molar-refractivity contribution in [2.24, 2.45) is 0 Å². The van der Waals surface area contributed by atoms with Crippen LogP contribution >= 0.6 is 0 Å². The zero-order valence-electron chi connectivity index (χ0n) is 8.47. The minimum absolute atomic E-state index is 0.364. The molecule has 0 aliphatic carbocycles. The van der Waals surface area contributed by atoms with Crippen LogP contribution in [-0.2, 0) is 14.3 Å². The Morgan fingerprint density at radius 2 is 1.69 bits per heavy atom. The molecular weight excluding hydrogens is 168 g/mol. The molecule has 0 aromatic rings. The molecule has 13 heavy (non-hydrogen) atoms. The number of carbonyl (C=O) groups is 2. The fourth-order valence-corrected chi connectivity index (χ4v) is 1.08. The van der Waals surface area contributed by atoms with Crippen LogP contribution in [0.4, 0.5) is 0 Å². The molecule has 3 nitrogen and oxygen atoms in total. The molecule has 0 saturated carbocycles. The van der Waals surface area contributed by atoms with Crippen LogP contribution in [-0.4, -0.2) is 11.9 Å². The van der Waals surface area contributed by atoms with Gasteiger partial charge in [0.15, 0.2) is 0 Å². The number of hydrogen-bond donors (Lipinski definition) is 0. The van der Waals surface area contributed by atoms with Crippen LogP contribution in [0.15, 0.2) is 0 Å². The minimum atomic E-state index is -0.515. The van der Waals surface area contributed by atoms with Gasteiger partial charge in [0.1, 0.15) is 0 Å². The second-order valence-corrected chi connectivity index (χ2v) is 3.13. The number of hydrogen-bond acceptors (Lipinski definition) is 3. The van der Waals surface area contributed by atoms with E-state index in [0.29, 0.717) is 6.42 Å². The Bertz CT molecular complexity index is 164. The first-order valence-corrected chi connectivity index (χ1v) is 4.88. The molecule has 76 valence electrons. The normalized spacial score (nSPS) is 9.69. The Balaban J connectivity index is 3.22. The van der Waals surface area contributed by atoms with Crippen molar-refractivity contribution >= 4 is 11.9 Å². The van der Waals surface area contributed by atoms with Crippen LogP contribution < -0.4 is 0 Å². The lowest BCUT2D eigenvalue weighted by atomic mass is 10.1.